The number of tetrazole rings is 1. The molecular formula is C32H35N5O6S. The van der Waals surface area contributed by atoms with Gasteiger partial charge in [-0.3, -0.25) is 9.59 Å². The van der Waals surface area contributed by atoms with E-state index in [1.54, 1.807) is 11.7 Å². The molecule has 4 atom stereocenters. The standard InChI is InChI=1S/C32H35N5O6S/c1-20-27(19-44-32-34-35-36-37(32)2)42-31(43-30(20)23-9-7-21(18-38)8-10-23)24-13-11-22(12-14-24)26-6-4-3-5-25(26)17-33-28(39)15-16-29(40)41/h3-14,20,27,30-31,38H,15-19H2,1-2H3,(H,33,39)(H,40,41)/t20-,27+,30+,31+/m1/s1. The van der Waals surface area contributed by atoms with Crippen LogP contribution in [0.3, 0.4) is 0 Å². The number of aliphatic hydroxyl groups is 1. The zero-order chi connectivity index (χ0) is 31.1. The van der Waals surface area contributed by atoms with Crippen LogP contribution in [0.2, 0.25) is 0 Å². The zero-order valence-corrected chi connectivity index (χ0v) is 25.3. The third-order valence-corrected chi connectivity index (χ3v) is 8.73. The number of aliphatic hydroxyl groups excluding tert-OH is 1. The Labute approximate surface area is 259 Å². The highest BCUT2D eigenvalue weighted by Gasteiger charge is 2.38. The van der Waals surface area contributed by atoms with E-state index in [1.807, 2.05) is 72.8 Å². The van der Waals surface area contributed by atoms with Gasteiger partial charge >= 0.3 is 5.97 Å². The third-order valence-electron chi connectivity index (χ3n) is 7.63. The van der Waals surface area contributed by atoms with Gasteiger partial charge in [0.05, 0.1) is 25.2 Å². The highest BCUT2D eigenvalue weighted by Crippen LogP contribution is 2.43. The Morgan fingerprint density at radius 3 is 2.39 bits per heavy atom. The minimum atomic E-state index is -1.00. The van der Waals surface area contributed by atoms with Crippen molar-refractivity contribution in [2.45, 2.75) is 56.6 Å². The lowest BCUT2D eigenvalue weighted by atomic mass is 9.91. The molecule has 1 aliphatic rings. The van der Waals surface area contributed by atoms with Crippen LogP contribution in [0.25, 0.3) is 11.1 Å². The lowest BCUT2D eigenvalue weighted by Gasteiger charge is -2.41. The second kappa shape index (κ2) is 14.6. The largest absolute Gasteiger partial charge is 0.481 e. The Morgan fingerprint density at radius 2 is 1.70 bits per heavy atom. The van der Waals surface area contributed by atoms with E-state index >= 15 is 0 Å². The predicted octanol–water partition coefficient (Wildman–Crippen LogP) is 4.43. The van der Waals surface area contributed by atoms with E-state index in [9.17, 15) is 14.7 Å². The smallest absolute Gasteiger partial charge is 0.303 e. The number of carbonyl (C=O) groups is 2. The number of hydrogen-bond acceptors (Lipinski definition) is 9. The van der Waals surface area contributed by atoms with Crippen LogP contribution in [0.1, 0.15) is 54.4 Å². The molecule has 11 nitrogen and oxygen atoms in total. The van der Waals surface area contributed by atoms with Gasteiger partial charge < -0.3 is 25.0 Å². The first-order valence-electron chi connectivity index (χ1n) is 14.3. The highest BCUT2D eigenvalue weighted by atomic mass is 32.2. The first kappa shape index (κ1) is 31.3. The number of aliphatic carboxylic acids is 1. The van der Waals surface area contributed by atoms with E-state index in [4.69, 9.17) is 14.6 Å². The van der Waals surface area contributed by atoms with Gasteiger partial charge in [0.15, 0.2) is 6.29 Å². The van der Waals surface area contributed by atoms with Crippen LogP contribution in [0.4, 0.5) is 0 Å². The number of rotatable bonds is 12. The molecule has 4 aromatic rings. The Bertz CT molecular complexity index is 1560. The normalized spacial score (nSPS) is 19.9. The minimum absolute atomic E-state index is 0.0232. The zero-order valence-electron chi connectivity index (χ0n) is 24.5. The number of amides is 1. The SMILES string of the molecule is C[C@@H]1[C@H](CSc2nnnn2C)O[C@H](c2ccc(-c3ccccc3CNC(=O)CCC(=O)O)cc2)O[C@@H]1c1ccc(CO)cc1. The van der Waals surface area contributed by atoms with Gasteiger partial charge in [0.2, 0.25) is 11.1 Å². The Morgan fingerprint density at radius 1 is 0.977 bits per heavy atom. The van der Waals surface area contributed by atoms with E-state index in [0.717, 1.165) is 33.4 Å². The topological polar surface area (TPSA) is 149 Å². The van der Waals surface area contributed by atoms with Gasteiger partial charge in [-0.15, -0.1) is 5.10 Å². The lowest BCUT2D eigenvalue weighted by Crippen LogP contribution is -2.38. The van der Waals surface area contributed by atoms with E-state index in [1.165, 1.54) is 11.8 Å². The van der Waals surface area contributed by atoms with Gasteiger partial charge in [0.25, 0.3) is 0 Å². The molecule has 230 valence electrons. The summed E-state index contributed by atoms with van der Waals surface area (Å²) in [5, 5.41) is 33.6. The molecule has 5 rings (SSSR count). The molecule has 1 aliphatic heterocycles. The molecule has 1 fully saturated rings. The van der Waals surface area contributed by atoms with Gasteiger partial charge in [-0.2, -0.15) is 0 Å². The Kier molecular flexibility index (Phi) is 10.4. The summed E-state index contributed by atoms with van der Waals surface area (Å²) in [6.07, 6.45) is -1.29. The van der Waals surface area contributed by atoms with E-state index in [2.05, 4.69) is 27.8 Å². The average Bonchev–Trinajstić information content (AvgIpc) is 3.46. The number of nitrogens with one attached hydrogen (secondary N) is 1. The summed E-state index contributed by atoms with van der Waals surface area (Å²) in [6.45, 7) is 2.38. The number of benzene rings is 3. The van der Waals surface area contributed by atoms with Crippen molar-refractivity contribution in [2.75, 3.05) is 5.75 Å². The van der Waals surface area contributed by atoms with E-state index in [-0.39, 0.29) is 43.5 Å². The molecule has 1 aromatic heterocycles. The van der Waals surface area contributed by atoms with Crippen LogP contribution in [0, 0.1) is 5.92 Å². The maximum absolute atomic E-state index is 12.1. The van der Waals surface area contributed by atoms with Crippen molar-refractivity contribution in [1.82, 2.24) is 25.5 Å². The molecule has 1 amide bonds. The van der Waals surface area contributed by atoms with Gasteiger partial charge in [-0.05, 0) is 38.2 Å². The molecule has 1 saturated heterocycles. The number of aryl methyl sites for hydroxylation is 1. The lowest BCUT2D eigenvalue weighted by molar-refractivity contribution is -0.268. The van der Waals surface area contributed by atoms with Gasteiger partial charge in [0.1, 0.15) is 0 Å². The summed E-state index contributed by atoms with van der Waals surface area (Å²) < 4.78 is 14.8. The van der Waals surface area contributed by atoms with Crippen LogP contribution in [0.15, 0.2) is 78.0 Å². The number of nitrogens with zero attached hydrogens (tertiary/aromatic N) is 4. The van der Waals surface area contributed by atoms with Crippen molar-refractivity contribution in [3.8, 4) is 11.1 Å². The van der Waals surface area contributed by atoms with Crippen molar-refractivity contribution in [2.24, 2.45) is 13.0 Å². The quantitative estimate of drug-likeness (QED) is 0.195. The van der Waals surface area contributed by atoms with Crippen molar-refractivity contribution in [1.29, 1.82) is 0 Å². The van der Waals surface area contributed by atoms with Crippen LogP contribution in [-0.4, -0.2) is 54.2 Å². The average molecular weight is 618 g/mol. The van der Waals surface area contributed by atoms with Crippen molar-refractivity contribution in [3.05, 3.63) is 95.1 Å². The summed E-state index contributed by atoms with van der Waals surface area (Å²) in [6, 6.07) is 23.6. The molecule has 3 N–H and O–H groups in total. The Hall–Kier alpha value is -4.10. The summed E-state index contributed by atoms with van der Waals surface area (Å²) >= 11 is 1.53. The second-order valence-corrected chi connectivity index (χ2v) is 11.7. The molecule has 3 aromatic carbocycles. The molecule has 0 spiro atoms. The summed E-state index contributed by atoms with van der Waals surface area (Å²) in [5.74, 6) is -0.650. The van der Waals surface area contributed by atoms with Crippen molar-refractivity contribution < 1.29 is 29.3 Å². The fraction of sp³-hybridized carbons (Fsp3) is 0.344. The first-order valence-corrected chi connectivity index (χ1v) is 15.3. The Balaban J connectivity index is 1.34. The number of carbonyl (C=O) groups excluding carboxylic acids is 1. The number of ether oxygens (including phenoxy) is 2. The van der Waals surface area contributed by atoms with Crippen molar-refractivity contribution in [3.63, 3.8) is 0 Å². The number of hydrogen-bond donors (Lipinski definition) is 3. The van der Waals surface area contributed by atoms with Crippen LogP contribution < -0.4 is 5.32 Å². The van der Waals surface area contributed by atoms with E-state index in [0.29, 0.717) is 17.5 Å². The predicted molar refractivity (Wildman–Crippen MR) is 163 cm³/mol. The number of thioether (sulfide) groups is 1. The number of carboxylic acid groups (broad SMARTS) is 1. The molecule has 0 bridgehead atoms. The van der Waals surface area contributed by atoms with Gasteiger partial charge in [-0.1, -0.05) is 91.5 Å². The molecule has 2 heterocycles. The second-order valence-electron chi connectivity index (χ2n) is 10.7. The molecule has 0 unspecified atom stereocenters. The highest BCUT2D eigenvalue weighted by molar-refractivity contribution is 7.99. The van der Waals surface area contributed by atoms with Crippen LogP contribution >= 0.6 is 11.8 Å². The molecule has 0 aliphatic carbocycles. The maximum atomic E-state index is 12.1. The fourth-order valence-electron chi connectivity index (χ4n) is 5.09. The summed E-state index contributed by atoms with van der Waals surface area (Å²) in [4.78, 5) is 22.9. The van der Waals surface area contributed by atoms with Crippen LogP contribution in [-0.2, 0) is 39.3 Å². The molecule has 0 saturated carbocycles. The number of carboxylic acids is 1. The number of aromatic nitrogens is 4. The fourth-order valence-corrected chi connectivity index (χ4v) is 6.10. The molecule has 12 heteroatoms. The molecular weight excluding hydrogens is 582 g/mol. The minimum Gasteiger partial charge on any atom is -0.481 e. The van der Waals surface area contributed by atoms with Gasteiger partial charge in [-0.25, -0.2) is 4.68 Å². The summed E-state index contributed by atoms with van der Waals surface area (Å²) in [5.41, 5.74) is 5.56. The molecule has 44 heavy (non-hydrogen) atoms. The van der Waals surface area contributed by atoms with E-state index < -0.39 is 12.3 Å². The van der Waals surface area contributed by atoms with Gasteiger partial charge in [0, 0.05) is 37.2 Å². The molecule has 0 radical (unpaired) electrons. The van der Waals surface area contributed by atoms with Crippen LogP contribution in [0.5, 0.6) is 0 Å². The maximum Gasteiger partial charge on any atom is 0.303 e. The third kappa shape index (κ3) is 7.69. The van der Waals surface area contributed by atoms with Crippen molar-refractivity contribution >= 4 is 23.6 Å². The summed E-state index contributed by atoms with van der Waals surface area (Å²) in [7, 11) is 1.80. The monoisotopic (exact) mass is 617 g/mol. The first-order chi connectivity index (χ1) is 21.3.